The van der Waals surface area contributed by atoms with E-state index < -0.39 is 17.4 Å². The summed E-state index contributed by atoms with van der Waals surface area (Å²) in [4.78, 5) is 16.6. The van der Waals surface area contributed by atoms with E-state index in [9.17, 15) is 18.0 Å². The van der Waals surface area contributed by atoms with Crippen LogP contribution in [0.5, 0.6) is 0 Å². The van der Waals surface area contributed by atoms with Gasteiger partial charge in [0.25, 0.3) is 0 Å². The molecule has 6 heteroatoms. The summed E-state index contributed by atoms with van der Waals surface area (Å²) in [6.07, 6.45) is -1.81. The third-order valence-electron chi connectivity index (χ3n) is 4.06. The second kappa shape index (κ2) is 4.80. The number of ketones is 1. The number of pyridine rings is 1. The van der Waals surface area contributed by atoms with Crippen molar-refractivity contribution in [1.82, 2.24) is 10.3 Å². The standard InChI is InChI=1S/C15H13F3N2O/c16-15(17,18)14(5-7-20-9-14)13(21)11-3-1-2-10-4-6-19-8-12(10)11/h1-4,6,8,20H,5,7,9H2. The second-order valence-corrected chi connectivity index (χ2v) is 5.24. The molecule has 2 heterocycles. The maximum absolute atomic E-state index is 13.5. The number of carbonyl (C=O) groups is 1. The van der Waals surface area contributed by atoms with Crippen LogP contribution in [0.1, 0.15) is 16.8 Å². The van der Waals surface area contributed by atoms with Gasteiger partial charge in [-0.25, -0.2) is 0 Å². The highest BCUT2D eigenvalue weighted by atomic mass is 19.4. The van der Waals surface area contributed by atoms with Crippen LogP contribution >= 0.6 is 0 Å². The van der Waals surface area contributed by atoms with Gasteiger partial charge in [-0.2, -0.15) is 13.2 Å². The Labute approximate surface area is 119 Å². The minimum absolute atomic E-state index is 0.0848. The predicted octanol–water partition coefficient (Wildman–Crippen LogP) is 2.96. The van der Waals surface area contributed by atoms with Crippen molar-refractivity contribution in [2.75, 3.05) is 13.1 Å². The first kappa shape index (κ1) is 14.0. The molecule has 0 bridgehead atoms. The number of nitrogens with one attached hydrogen (secondary N) is 1. The van der Waals surface area contributed by atoms with Gasteiger partial charge in [-0.1, -0.05) is 18.2 Å². The van der Waals surface area contributed by atoms with Gasteiger partial charge in [0.15, 0.2) is 5.78 Å². The summed E-state index contributed by atoms with van der Waals surface area (Å²) in [6, 6.07) is 6.47. The van der Waals surface area contributed by atoms with E-state index in [1.165, 1.54) is 12.3 Å². The summed E-state index contributed by atoms with van der Waals surface area (Å²) in [5.41, 5.74) is -2.25. The Kier molecular flexibility index (Phi) is 3.20. The maximum Gasteiger partial charge on any atom is 0.402 e. The molecule has 1 saturated heterocycles. The Morgan fingerprint density at radius 1 is 1.29 bits per heavy atom. The van der Waals surface area contributed by atoms with Crippen LogP contribution < -0.4 is 5.32 Å². The van der Waals surface area contributed by atoms with Crippen LogP contribution in [-0.2, 0) is 0 Å². The zero-order chi connectivity index (χ0) is 15.1. The SMILES string of the molecule is O=C(c1cccc2ccncc12)C1(C(F)(F)F)CCNC1. The molecule has 0 amide bonds. The second-order valence-electron chi connectivity index (χ2n) is 5.24. The number of nitrogens with zero attached hydrogens (tertiary/aromatic N) is 1. The number of hydrogen-bond acceptors (Lipinski definition) is 3. The number of hydrogen-bond donors (Lipinski definition) is 1. The molecule has 1 aromatic carbocycles. The lowest BCUT2D eigenvalue weighted by Gasteiger charge is -2.29. The first-order valence-electron chi connectivity index (χ1n) is 6.61. The molecule has 2 aromatic rings. The average Bonchev–Trinajstić information content (AvgIpc) is 2.96. The van der Waals surface area contributed by atoms with E-state index in [2.05, 4.69) is 10.3 Å². The van der Waals surface area contributed by atoms with E-state index in [1.54, 1.807) is 24.4 Å². The topological polar surface area (TPSA) is 42.0 Å². The fourth-order valence-corrected chi connectivity index (χ4v) is 2.83. The van der Waals surface area contributed by atoms with Crippen LogP contribution in [0.15, 0.2) is 36.7 Å². The van der Waals surface area contributed by atoms with Crippen molar-refractivity contribution in [3.05, 3.63) is 42.2 Å². The number of rotatable bonds is 2. The normalized spacial score (nSPS) is 22.6. The summed E-state index contributed by atoms with van der Waals surface area (Å²) in [5.74, 6) is -0.876. The molecule has 3 nitrogen and oxygen atoms in total. The van der Waals surface area contributed by atoms with Crippen LogP contribution in [0, 0.1) is 5.41 Å². The zero-order valence-electron chi connectivity index (χ0n) is 11.1. The lowest BCUT2D eigenvalue weighted by Crippen LogP contribution is -2.46. The lowest BCUT2D eigenvalue weighted by molar-refractivity contribution is -0.197. The van der Waals surface area contributed by atoms with Crippen LogP contribution in [-0.4, -0.2) is 30.0 Å². The van der Waals surface area contributed by atoms with E-state index in [0.717, 1.165) is 0 Å². The summed E-state index contributed by atoms with van der Waals surface area (Å²) >= 11 is 0. The van der Waals surface area contributed by atoms with Crippen molar-refractivity contribution < 1.29 is 18.0 Å². The Hall–Kier alpha value is -1.95. The van der Waals surface area contributed by atoms with Gasteiger partial charge in [0.1, 0.15) is 5.41 Å². The maximum atomic E-state index is 13.5. The van der Waals surface area contributed by atoms with Crippen LogP contribution in [0.3, 0.4) is 0 Å². The minimum Gasteiger partial charge on any atom is -0.315 e. The highest BCUT2D eigenvalue weighted by molar-refractivity contribution is 6.11. The lowest BCUT2D eigenvalue weighted by atomic mass is 9.78. The number of halogens is 3. The summed E-state index contributed by atoms with van der Waals surface area (Å²) in [7, 11) is 0. The van der Waals surface area contributed by atoms with Gasteiger partial charge < -0.3 is 5.32 Å². The minimum atomic E-state index is -4.57. The van der Waals surface area contributed by atoms with E-state index >= 15 is 0 Å². The summed E-state index contributed by atoms with van der Waals surface area (Å²) in [6.45, 7) is -0.180. The fraction of sp³-hybridized carbons (Fsp3) is 0.333. The van der Waals surface area contributed by atoms with Crippen molar-refractivity contribution in [2.24, 2.45) is 5.41 Å². The van der Waals surface area contributed by atoms with Gasteiger partial charge in [-0.05, 0) is 24.4 Å². The molecule has 0 saturated carbocycles. The van der Waals surface area contributed by atoms with E-state index in [4.69, 9.17) is 0 Å². The number of Topliss-reactive ketones (excluding diaryl/α,β-unsaturated/α-hetero) is 1. The van der Waals surface area contributed by atoms with E-state index in [-0.39, 0.29) is 25.1 Å². The molecular weight excluding hydrogens is 281 g/mol. The zero-order valence-corrected chi connectivity index (χ0v) is 11.1. The van der Waals surface area contributed by atoms with Crippen molar-refractivity contribution in [3.63, 3.8) is 0 Å². The van der Waals surface area contributed by atoms with Crippen LogP contribution in [0.2, 0.25) is 0 Å². The Balaban J connectivity index is 2.16. The molecule has 1 aliphatic rings. The molecule has 21 heavy (non-hydrogen) atoms. The van der Waals surface area contributed by atoms with E-state index in [0.29, 0.717) is 10.8 Å². The highest BCUT2D eigenvalue weighted by Crippen LogP contribution is 2.46. The van der Waals surface area contributed by atoms with Gasteiger partial charge in [0.05, 0.1) is 0 Å². The smallest absolute Gasteiger partial charge is 0.315 e. The van der Waals surface area contributed by atoms with Gasteiger partial charge >= 0.3 is 6.18 Å². The Bertz CT molecular complexity index is 685. The number of aromatic nitrogens is 1. The molecule has 1 atom stereocenters. The molecule has 0 spiro atoms. The monoisotopic (exact) mass is 294 g/mol. The number of alkyl halides is 3. The van der Waals surface area contributed by atoms with Crippen molar-refractivity contribution in [1.29, 1.82) is 0 Å². The molecule has 1 N–H and O–H groups in total. The Morgan fingerprint density at radius 3 is 2.76 bits per heavy atom. The third kappa shape index (κ3) is 2.10. The van der Waals surface area contributed by atoms with Crippen LogP contribution in [0.4, 0.5) is 13.2 Å². The molecule has 110 valence electrons. The molecule has 0 radical (unpaired) electrons. The number of carbonyl (C=O) groups excluding carboxylic acids is 1. The van der Waals surface area contributed by atoms with Gasteiger partial charge in [0.2, 0.25) is 0 Å². The molecular formula is C15H13F3N2O. The molecule has 1 aromatic heterocycles. The van der Waals surface area contributed by atoms with Crippen molar-refractivity contribution in [2.45, 2.75) is 12.6 Å². The predicted molar refractivity (Wildman–Crippen MR) is 72.0 cm³/mol. The third-order valence-corrected chi connectivity index (χ3v) is 4.06. The molecule has 3 rings (SSSR count). The summed E-state index contributed by atoms with van der Waals surface area (Å²) < 4.78 is 40.4. The first-order chi connectivity index (χ1) is 9.96. The highest BCUT2D eigenvalue weighted by Gasteiger charge is 2.61. The van der Waals surface area contributed by atoms with Gasteiger partial charge in [-0.3, -0.25) is 9.78 Å². The van der Waals surface area contributed by atoms with Crippen molar-refractivity contribution in [3.8, 4) is 0 Å². The molecule has 1 aliphatic heterocycles. The molecule has 1 fully saturated rings. The quantitative estimate of drug-likeness (QED) is 0.866. The largest absolute Gasteiger partial charge is 0.402 e. The van der Waals surface area contributed by atoms with Crippen LogP contribution in [0.25, 0.3) is 10.8 Å². The van der Waals surface area contributed by atoms with Gasteiger partial charge in [0, 0.05) is 29.9 Å². The Morgan fingerprint density at radius 2 is 2.10 bits per heavy atom. The van der Waals surface area contributed by atoms with Gasteiger partial charge in [-0.15, -0.1) is 0 Å². The molecule has 0 aliphatic carbocycles. The van der Waals surface area contributed by atoms with E-state index in [1.807, 2.05) is 0 Å². The number of benzene rings is 1. The molecule has 1 unspecified atom stereocenters. The fourth-order valence-electron chi connectivity index (χ4n) is 2.83. The first-order valence-corrected chi connectivity index (χ1v) is 6.61. The average molecular weight is 294 g/mol. The summed E-state index contributed by atoms with van der Waals surface area (Å²) in [5, 5.41) is 3.83. The van der Waals surface area contributed by atoms with Crippen molar-refractivity contribution >= 4 is 16.6 Å². The number of fused-ring (bicyclic) bond motifs is 1.